The van der Waals surface area contributed by atoms with Crippen molar-refractivity contribution in [2.24, 2.45) is 0 Å². The molecule has 0 aliphatic rings. The van der Waals surface area contributed by atoms with Gasteiger partial charge in [-0.2, -0.15) is 13.2 Å². The van der Waals surface area contributed by atoms with E-state index in [1.165, 1.54) is 4.90 Å². The number of hydrogen-bond donors (Lipinski definition) is 1. The van der Waals surface area contributed by atoms with E-state index in [9.17, 15) is 31.2 Å². The molecule has 0 bridgehead atoms. The number of nitrogens with one attached hydrogen (secondary N) is 1. The molecule has 3 aromatic rings. The predicted molar refractivity (Wildman–Crippen MR) is 157 cm³/mol. The number of sulfonamides is 1. The summed E-state index contributed by atoms with van der Waals surface area (Å²) in [6.45, 7) is 1.42. The second kappa shape index (κ2) is 14.6. The van der Waals surface area contributed by atoms with Crippen LogP contribution in [0.2, 0.25) is 5.02 Å². The van der Waals surface area contributed by atoms with Crippen molar-refractivity contribution < 1.29 is 31.2 Å². The number of benzene rings is 3. The van der Waals surface area contributed by atoms with Gasteiger partial charge in [0, 0.05) is 19.5 Å². The first-order valence-electron chi connectivity index (χ1n) is 13.3. The fourth-order valence-electron chi connectivity index (χ4n) is 4.32. The highest BCUT2D eigenvalue weighted by molar-refractivity contribution is 7.92. The summed E-state index contributed by atoms with van der Waals surface area (Å²) < 4.78 is 66.7. The summed E-state index contributed by atoms with van der Waals surface area (Å²) in [4.78, 5) is 28.8. The third kappa shape index (κ3) is 9.22. The zero-order valence-electron chi connectivity index (χ0n) is 23.3. The molecule has 1 N–H and O–H groups in total. The van der Waals surface area contributed by atoms with Gasteiger partial charge in [-0.15, -0.1) is 0 Å². The second-order valence-electron chi connectivity index (χ2n) is 9.79. The lowest BCUT2D eigenvalue weighted by atomic mass is 10.0. The zero-order chi connectivity index (χ0) is 30.9. The van der Waals surface area contributed by atoms with Crippen LogP contribution in [0, 0.1) is 0 Å². The normalized spacial score (nSPS) is 12.4. The molecule has 0 aliphatic carbocycles. The molecule has 12 heteroatoms. The molecule has 3 rings (SSSR count). The molecule has 0 spiro atoms. The topological polar surface area (TPSA) is 86.8 Å². The summed E-state index contributed by atoms with van der Waals surface area (Å²) in [5, 5.41) is 2.58. The van der Waals surface area contributed by atoms with Gasteiger partial charge in [0.05, 0.1) is 22.5 Å². The summed E-state index contributed by atoms with van der Waals surface area (Å²) in [5.41, 5.74) is -0.177. The van der Waals surface area contributed by atoms with Crippen LogP contribution in [-0.4, -0.2) is 50.5 Å². The third-order valence-electron chi connectivity index (χ3n) is 6.52. The maximum Gasteiger partial charge on any atom is 0.416 e. The molecule has 0 aromatic heterocycles. The molecule has 0 unspecified atom stereocenters. The lowest BCUT2D eigenvalue weighted by Crippen LogP contribution is -2.53. The predicted octanol–water partition coefficient (Wildman–Crippen LogP) is 5.68. The van der Waals surface area contributed by atoms with Gasteiger partial charge in [-0.3, -0.25) is 13.9 Å². The first kappa shape index (κ1) is 32.9. The zero-order valence-corrected chi connectivity index (χ0v) is 24.8. The molecule has 0 saturated heterocycles. The summed E-state index contributed by atoms with van der Waals surface area (Å²) in [6, 6.07) is 19.1. The number of anilines is 1. The van der Waals surface area contributed by atoms with Crippen LogP contribution in [0.15, 0.2) is 78.9 Å². The molecule has 42 heavy (non-hydrogen) atoms. The monoisotopic (exact) mass is 623 g/mol. The van der Waals surface area contributed by atoms with E-state index >= 15 is 0 Å². The van der Waals surface area contributed by atoms with Gasteiger partial charge in [-0.25, -0.2) is 8.42 Å². The Balaban J connectivity index is 2.07. The number of unbranched alkanes of at least 4 members (excludes halogenated alkanes) is 1. The average Bonchev–Trinajstić information content (AvgIpc) is 2.94. The summed E-state index contributed by atoms with van der Waals surface area (Å²) in [5.74, 6) is -1.22. The highest BCUT2D eigenvalue weighted by Crippen LogP contribution is 2.36. The van der Waals surface area contributed by atoms with Gasteiger partial charge < -0.3 is 10.2 Å². The Bertz CT molecular complexity index is 1460. The van der Waals surface area contributed by atoms with E-state index in [0.717, 1.165) is 30.4 Å². The fourth-order valence-corrected chi connectivity index (χ4v) is 5.44. The quantitative estimate of drug-likeness (QED) is 0.248. The molecule has 0 fully saturated rings. The van der Waals surface area contributed by atoms with Crippen LogP contribution in [0.3, 0.4) is 0 Å². The van der Waals surface area contributed by atoms with Crippen molar-refractivity contribution in [2.75, 3.05) is 23.7 Å². The van der Waals surface area contributed by atoms with Crippen molar-refractivity contribution in [1.29, 1.82) is 0 Å². The van der Waals surface area contributed by atoms with E-state index in [4.69, 9.17) is 11.6 Å². The van der Waals surface area contributed by atoms with Crippen LogP contribution in [-0.2, 0) is 38.8 Å². The summed E-state index contributed by atoms with van der Waals surface area (Å²) in [6.07, 6.45) is -2.33. The van der Waals surface area contributed by atoms with Crippen LogP contribution in [0.4, 0.5) is 18.9 Å². The molecule has 0 heterocycles. The number of halogens is 4. The van der Waals surface area contributed by atoms with Gasteiger partial charge in [0.25, 0.3) is 0 Å². The lowest BCUT2D eigenvalue weighted by Gasteiger charge is -2.33. The van der Waals surface area contributed by atoms with Crippen molar-refractivity contribution in [1.82, 2.24) is 10.2 Å². The van der Waals surface area contributed by atoms with Crippen molar-refractivity contribution in [3.8, 4) is 0 Å². The number of alkyl halides is 3. The van der Waals surface area contributed by atoms with E-state index in [0.29, 0.717) is 28.9 Å². The van der Waals surface area contributed by atoms with Crippen LogP contribution in [0.5, 0.6) is 0 Å². The standard InChI is InChI=1S/C30H33ClF3N3O4S/c1-3-4-17-35-29(39)27(18-22-11-7-5-8-12-22)36(20-23-13-9-6-10-14-23)28(38)21-37(42(2,40)41)26-19-24(30(32,33)34)15-16-25(26)31/h5-16,19,27H,3-4,17-18,20-21H2,1-2H3,(H,35,39)/t27-/m0/s1. The highest BCUT2D eigenvalue weighted by atomic mass is 35.5. The van der Waals surface area contributed by atoms with Crippen molar-refractivity contribution in [2.45, 2.75) is 44.9 Å². The Morgan fingerprint density at radius 3 is 2.10 bits per heavy atom. The van der Waals surface area contributed by atoms with Gasteiger partial charge >= 0.3 is 6.18 Å². The van der Waals surface area contributed by atoms with Gasteiger partial charge in [0.2, 0.25) is 21.8 Å². The van der Waals surface area contributed by atoms with Crippen LogP contribution < -0.4 is 9.62 Å². The Morgan fingerprint density at radius 1 is 0.952 bits per heavy atom. The third-order valence-corrected chi connectivity index (χ3v) is 7.96. The maximum atomic E-state index is 14.0. The molecular weight excluding hydrogens is 591 g/mol. The fraction of sp³-hybridized carbons (Fsp3) is 0.333. The number of amides is 2. The van der Waals surface area contributed by atoms with Gasteiger partial charge in [0.15, 0.2) is 0 Å². The molecule has 0 saturated carbocycles. The Labute approximate surface area is 249 Å². The molecule has 2 amide bonds. The first-order valence-corrected chi connectivity index (χ1v) is 15.5. The van der Waals surface area contributed by atoms with E-state index in [1.807, 2.05) is 25.1 Å². The Hall–Kier alpha value is -3.57. The Morgan fingerprint density at radius 2 is 1.55 bits per heavy atom. The minimum Gasteiger partial charge on any atom is -0.354 e. The van der Waals surface area contributed by atoms with Crippen molar-refractivity contribution >= 4 is 39.1 Å². The van der Waals surface area contributed by atoms with Crippen LogP contribution >= 0.6 is 11.6 Å². The first-order chi connectivity index (χ1) is 19.8. The molecule has 0 aliphatic heterocycles. The second-order valence-corrected chi connectivity index (χ2v) is 12.1. The number of rotatable bonds is 13. The van der Waals surface area contributed by atoms with Gasteiger partial charge in [0.1, 0.15) is 12.6 Å². The van der Waals surface area contributed by atoms with E-state index in [-0.39, 0.29) is 18.0 Å². The number of hydrogen-bond acceptors (Lipinski definition) is 4. The minimum absolute atomic E-state index is 0.0493. The van der Waals surface area contributed by atoms with Crippen LogP contribution in [0.1, 0.15) is 36.5 Å². The van der Waals surface area contributed by atoms with Crippen molar-refractivity contribution in [3.63, 3.8) is 0 Å². The summed E-state index contributed by atoms with van der Waals surface area (Å²) >= 11 is 6.17. The average molecular weight is 624 g/mol. The molecule has 7 nitrogen and oxygen atoms in total. The number of nitrogens with zero attached hydrogens (tertiary/aromatic N) is 2. The van der Waals surface area contributed by atoms with Gasteiger partial charge in [-0.1, -0.05) is 85.6 Å². The van der Waals surface area contributed by atoms with Crippen molar-refractivity contribution in [3.05, 3.63) is 101 Å². The Kier molecular flexibility index (Phi) is 11.4. The minimum atomic E-state index is -4.77. The molecule has 1 atom stereocenters. The van der Waals surface area contributed by atoms with E-state index in [2.05, 4.69) is 5.32 Å². The largest absolute Gasteiger partial charge is 0.416 e. The molecule has 226 valence electrons. The van der Waals surface area contributed by atoms with E-state index < -0.39 is 51.9 Å². The smallest absolute Gasteiger partial charge is 0.354 e. The molecule has 0 radical (unpaired) electrons. The maximum absolute atomic E-state index is 14.0. The molecule has 3 aromatic carbocycles. The number of carbonyl (C=O) groups is 2. The summed E-state index contributed by atoms with van der Waals surface area (Å²) in [7, 11) is -4.29. The van der Waals surface area contributed by atoms with Gasteiger partial charge in [-0.05, 0) is 35.7 Å². The SMILES string of the molecule is CCCCNC(=O)[C@H](Cc1ccccc1)N(Cc1ccccc1)C(=O)CN(c1cc(C(F)(F)F)ccc1Cl)S(C)(=O)=O. The van der Waals surface area contributed by atoms with E-state index in [1.54, 1.807) is 42.5 Å². The highest BCUT2D eigenvalue weighted by Gasteiger charge is 2.35. The number of carbonyl (C=O) groups excluding carboxylic acids is 2. The van der Waals surface area contributed by atoms with Crippen LogP contribution in [0.25, 0.3) is 0 Å². The lowest BCUT2D eigenvalue weighted by molar-refractivity contribution is -0.140. The molecular formula is C30H33ClF3N3O4S.